The lowest BCUT2D eigenvalue weighted by atomic mass is 9.87. The van der Waals surface area contributed by atoms with Gasteiger partial charge in [0.15, 0.2) is 5.60 Å². The summed E-state index contributed by atoms with van der Waals surface area (Å²) in [4.78, 5) is 35.8. The van der Waals surface area contributed by atoms with Crippen molar-refractivity contribution in [1.82, 2.24) is 9.62 Å². The van der Waals surface area contributed by atoms with Crippen LogP contribution in [0.25, 0.3) is 0 Å². The van der Waals surface area contributed by atoms with E-state index in [-0.39, 0.29) is 30.0 Å². The lowest BCUT2D eigenvalue weighted by Gasteiger charge is -2.48. The van der Waals surface area contributed by atoms with Crippen LogP contribution in [0.3, 0.4) is 0 Å². The standard InChI is InChI=1S/C31H33FN2O9S/c1-20(2)29(37)41-21(3)42-30(38)33-27(28(35)36)17-22-10-9-13-24(16-22)44(39,40)34-18-31(19-34,25-14-7-8-15-26(25)32)43-23-11-5-4-6-12-23/h4-16,20-21,27H,17-19H2,1-3H3,(H,33,38)(H,35,36)/t21?,27-/m0/s1. The quantitative estimate of drug-likeness (QED) is 0.224. The van der Waals surface area contributed by atoms with E-state index < -0.39 is 57.7 Å². The number of hydrogen-bond acceptors (Lipinski definition) is 8. The zero-order valence-corrected chi connectivity index (χ0v) is 25.1. The van der Waals surface area contributed by atoms with Gasteiger partial charge >= 0.3 is 18.0 Å². The number of rotatable bonds is 12. The highest BCUT2D eigenvalue weighted by molar-refractivity contribution is 7.89. The molecule has 2 N–H and O–H groups in total. The number of alkyl carbamates (subject to hydrolysis) is 1. The summed E-state index contributed by atoms with van der Waals surface area (Å²) in [6.45, 7) is 4.18. The fourth-order valence-corrected chi connectivity index (χ4v) is 6.20. The number of nitrogens with one attached hydrogen (secondary N) is 1. The summed E-state index contributed by atoms with van der Waals surface area (Å²) in [7, 11) is -4.10. The molecule has 11 nitrogen and oxygen atoms in total. The van der Waals surface area contributed by atoms with Gasteiger partial charge in [0, 0.05) is 18.9 Å². The van der Waals surface area contributed by atoms with Crippen LogP contribution < -0.4 is 10.1 Å². The van der Waals surface area contributed by atoms with E-state index in [0.29, 0.717) is 11.3 Å². The topological polar surface area (TPSA) is 149 Å². The van der Waals surface area contributed by atoms with Crippen LogP contribution in [0, 0.1) is 11.7 Å². The maximum atomic E-state index is 14.9. The smallest absolute Gasteiger partial charge is 0.410 e. The Labute approximate surface area is 254 Å². The van der Waals surface area contributed by atoms with E-state index in [4.69, 9.17) is 14.2 Å². The van der Waals surface area contributed by atoms with E-state index in [1.54, 1.807) is 56.3 Å². The number of ether oxygens (including phenoxy) is 3. The molecule has 1 aliphatic heterocycles. The number of sulfonamides is 1. The van der Waals surface area contributed by atoms with Crippen LogP contribution in [0.4, 0.5) is 9.18 Å². The molecule has 3 aromatic rings. The summed E-state index contributed by atoms with van der Waals surface area (Å²) in [5.41, 5.74) is -0.740. The number of carbonyl (C=O) groups excluding carboxylic acids is 2. The molecule has 44 heavy (non-hydrogen) atoms. The minimum Gasteiger partial charge on any atom is -0.480 e. The summed E-state index contributed by atoms with van der Waals surface area (Å²) in [6, 6.07) is 18.9. The first kappa shape index (κ1) is 32.4. The van der Waals surface area contributed by atoms with Gasteiger partial charge in [-0.2, -0.15) is 4.31 Å². The molecule has 1 fully saturated rings. The summed E-state index contributed by atoms with van der Waals surface area (Å²) < 4.78 is 59.3. The molecule has 0 radical (unpaired) electrons. The normalized spacial score (nSPS) is 15.8. The van der Waals surface area contributed by atoms with Gasteiger partial charge in [-0.05, 0) is 35.9 Å². The van der Waals surface area contributed by atoms with Crippen molar-refractivity contribution in [3.63, 3.8) is 0 Å². The molecule has 13 heteroatoms. The number of aliphatic carboxylic acids is 1. The van der Waals surface area contributed by atoms with Crippen molar-refractivity contribution in [2.75, 3.05) is 13.1 Å². The van der Waals surface area contributed by atoms with E-state index in [0.717, 1.165) is 4.31 Å². The van der Waals surface area contributed by atoms with Crippen molar-refractivity contribution >= 4 is 28.1 Å². The van der Waals surface area contributed by atoms with Crippen molar-refractivity contribution in [1.29, 1.82) is 0 Å². The molecule has 0 aliphatic carbocycles. The summed E-state index contributed by atoms with van der Waals surface area (Å²) in [5.74, 6) is -2.52. The van der Waals surface area contributed by atoms with Crippen LogP contribution >= 0.6 is 0 Å². The molecular formula is C31H33FN2O9S. The molecule has 0 saturated carbocycles. The van der Waals surface area contributed by atoms with Gasteiger partial charge in [0.05, 0.1) is 23.9 Å². The number of esters is 1. The second kappa shape index (κ2) is 13.4. The van der Waals surface area contributed by atoms with Crippen molar-refractivity contribution in [2.45, 2.75) is 50.0 Å². The van der Waals surface area contributed by atoms with Crippen LogP contribution in [0.2, 0.25) is 0 Å². The summed E-state index contributed by atoms with van der Waals surface area (Å²) in [5, 5.41) is 11.9. The predicted octanol–water partition coefficient (Wildman–Crippen LogP) is 4.07. The van der Waals surface area contributed by atoms with E-state index in [1.807, 2.05) is 0 Å². The van der Waals surface area contributed by atoms with E-state index in [1.165, 1.54) is 43.3 Å². The number of halogens is 1. The highest BCUT2D eigenvalue weighted by Crippen LogP contribution is 2.41. The molecule has 0 aromatic heterocycles. The largest absolute Gasteiger partial charge is 0.480 e. The molecule has 2 atom stereocenters. The third-order valence-corrected chi connectivity index (χ3v) is 8.67. The van der Waals surface area contributed by atoms with Gasteiger partial charge in [-0.15, -0.1) is 0 Å². The van der Waals surface area contributed by atoms with E-state index in [9.17, 15) is 32.3 Å². The summed E-state index contributed by atoms with van der Waals surface area (Å²) >= 11 is 0. The van der Waals surface area contributed by atoms with Gasteiger partial charge in [-0.3, -0.25) is 4.79 Å². The van der Waals surface area contributed by atoms with Crippen LogP contribution in [0.1, 0.15) is 31.9 Å². The molecule has 4 rings (SSSR count). The molecule has 1 amide bonds. The van der Waals surface area contributed by atoms with Gasteiger partial charge in [0.1, 0.15) is 17.6 Å². The molecular weight excluding hydrogens is 595 g/mol. The number of nitrogens with zero attached hydrogens (tertiary/aromatic N) is 1. The zero-order chi connectivity index (χ0) is 32.1. The first-order valence-electron chi connectivity index (χ1n) is 13.8. The Bertz CT molecular complexity index is 1610. The number of amides is 1. The Morgan fingerprint density at radius 2 is 1.61 bits per heavy atom. The van der Waals surface area contributed by atoms with Gasteiger partial charge in [-0.25, -0.2) is 22.4 Å². The Kier molecular flexibility index (Phi) is 9.90. The Morgan fingerprint density at radius 3 is 2.25 bits per heavy atom. The van der Waals surface area contributed by atoms with Crippen LogP contribution in [-0.4, -0.2) is 61.3 Å². The van der Waals surface area contributed by atoms with E-state index in [2.05, 4.69) is 5.32 Å². The maximum Gasteiger partial charge on any atom is 0.410 e. The van der Waals surface area contributed by atoms with Crippen molar-refractivity contribution < 1.29 is 46.5 Å². The lowest BCUT2D eigenvalue weighted by Crippen LogP contribution is -2.64. The average molecular weight is 629 g/mol. The number of benzene rings is 3. The lowest BCUT2D eigenvalue weighted by molar-refractivity contribution is -0.169. The number of para-hydroxylation sites is 1. The molecule has 0 bridgehead atoms. The first-order chi connectivity index (χ1) is 20.8. The number of carboxylic acid groups (broad SMARTS) is 1. The Morgan fingerprint density at radius 1 is 0.955 bits per heavy atom. The monoisotopic (exact) mass is 628 g/mol. The number of hydrogen-bond donors (Lipinski definition) is 2. The zero-order valence-electron chi connectivity index (χ0n) is 24.3. The molecule has 1 saturated heterocycles. The van der Waals surface area contributed by atoms with Crippen LogP contribution in [-0.2, 0) is 41.1 Å². The second-order valence-corrected chi connectivity index (χ2v) is 12.6. The van der Waals surface area contributed by atoms with Crippen LogP contribution in [0.5, 0.6) is 5.75 Å². The molecule has 234 valence electrons. The van der Waals surface area contributed by atoms with Gasteiger partial charge in [0.25, 0.3) is 0 Å². The van der Waals surface area contributed by atoms with Gasteiger partial charge in [-0.1, -0.05) is 62.4 Å². The number of carbonyl (C=O) groups is 3. The van der Waals surface area contributed by atoms with E-state index >= 15 is 0 Å². The second-order valence-electron chi connectivity index (χ2n) is 10.6. The fourth-order valence-electron chi connectivity index (χ4n) is 4.60. The highest BCUT2D eigenvalue weighted by Gasteiger charge is 2.53. The fraction of sp³-hybridized carbons (Fsp3) is 0.323. The Balaban J connectivity index is 1.47. The molecule has 1 aliphatic rings. The van der Waals surface area contributed by atoms with Gasteiger partial charge in [0.2, 0.25) is 16.3 Å². The minimum absolute atomic E-state index is 0.113. The van der Waals surface area contributed by atoms with Gasteiger partial charge < -0.3 is 24.6 Å². The first-order valence-corrected chi connectivity index (χ1v) is 15.2. The maximum absolute atomic E-state index is 14.9. The molecule has 0 spiro atoms. The highest BCUT2D eigenvalue weighted by atomic mass is 32.2. The average Bonchev–Trinajstić information content (AvgIpc) is 2.95. The SMILES string of the molecule is CC(OC(=O)N[C@@H](Cc1cccc(S(=O)(=O)N2CC(Oc3ccccc3)(c3ccccc3F)C2)c1)C(=O)O)OC(=O)C(C)C. The van der Waals surface area contributed by atoms with Crippen molar-refractivity contribution in [3.05, 3.63) is 95.8 Å². The van der Waals surface area contributed by atoms with Crippen LogP contribution in [0.15, 0.2) is 83.8 Å². The predicted molar refractivity (Wildman–Crippen MR) is 155 cm³/mol. The third-order valence-electron chi connectivity index (χ3n) is 6.88. The Hall–Kier alpha value is -4.49. The molecule has 3 aromatic carbocycles. The van der Waals surface area contributed by atoms with Crippen molar-refractivity contribution in [2.24, 2.45) is 5.92 Å². The molecule has 1 heterocycles. The third kappa shape index (κ3) is 7.53. The number of carboxylic acids is 1. The summed E-state index contributed by atoms with van der Waals surface area (Å²) in [6.07, 6.45) is -2.66. The van der Waals surface area contributed by atoms with Crippen molar-refractivity contribution in [3.8, 4) is 5.75 Å². The minimum atomic E-state index is -4.10. The molecule has 1 unspecified atom stereocenters.